The first kappa shape index (κ1) is 23.6. The molecule has 0 unspecified atom stereocenters. The Kier molecular flexibility index (Phi) is 7.65. The van der Waals surface area contributed by atoms with Crippen molar-refractivity contribution in [1.82, 2.24) is 9.80 Å². The monoisotopic (exact) mass is 448 g/mol. The van der Waals surface area contributed by atoms with Crippen LogP contribution >= 0.6 is 12.4 Å². The lowest BCUT2D eigenvalue weighted by Crippen LogP contribution is -2.56. The van der Waals surface area contributed by atoms with Crippen molar-refractivity contribution in [2.24, 2.45) is 5.92 Å². The van der Waals surface area contributed by atoms with Gasteiger partial charge in [0.25, 0.3) is 0 Å². The smallest absolute Gasteiger partial charge is 0.223 e. The molecule has 2 heterocycles. The van der Waals surface area contributed by atoms with Gasteiger partial charge in [0.05, 0.1) is 0 Å². The molecule has 2 aliphatic heterocycles. The number of amides is 1. The van der Waals surface area contributed by atoms with Crippen LogP contribution in [0.3, 0.4) is 0 Å². The lowest BCUT2D eigenvalue weighted by Gasteiger charge is -2.44. The number of hydrogen-bond acceptors (Lipinski definition) is 5. The van der Waals surface area contributed by atoms with E-state index in [9.17, 15) is 9.59 Å². The first-order valence-electron chi connectivity index (χ1n) is 11.1. The minimum absolute atomic E-state index is 0. The molecule has 2 fully saturated rings. The van der Waals surface area contributed by atoms with Crippen LogP contribution in [0.5, 0.6) is 0 Å². The largest absolute Gasteiger partial charge is 0.465 e. The normalized spacial score (nSPS) is 21.7. The van der Waals surface area contributed by atoms with Gasteiger partial charge in [0, 0.05) is 44.6 Å². The molecule has 4 aliphatic rings. The van der Waals surface area contributed by atoms with E-state index in [1.807, 2.05) is 17.1 Å². The van der Waals surface area contributed by atoms with E-state index in [2.05, 4.69) is 24.8 Å². The number of nitrogens with zero attached hydrogens (tertiary/aromatic N) is 2. The highest BCUT2D eigenvalue weighted by Crippen LogP contribution is 2.43. The second kappa shape index (κ2) is 10.0. The molecular formula is C24H33ClN2O4. The Bertz CT molecular complexity index is 815. The summed E-state index contributed by atoms with van der Waals surface area (Å²) >= 11 is 0. The summed E-state index contributed by atoms with van der Waals surface area (Å²) in [7, 11) is 0. The molecule has 1 saturated carbocycles. The highest BCUT2D eigenvalue weighted by Gasteiger charge is 2.42. The fourth-order valence-corrected chi connectivity index (χ4v) is 4.48. The molecule has 0 N–H and O–H groups in total. The maximum Gasteiger partial charge on any atom is 0.223 e. The molecule has 7 heteroatoms. The number of piperazine rings is 1. The van der Waals surface area contributed by atoms with Gasteiger partial charge in [0.15, 0.2) is 5.76 Å². The standard InChI is InChI=1S/C24H32N2O4.ClH/c1-24(2,19-8-9-19)26-14-12-25(13-15-26)23(28)11-10-20(27)22-17-29-16-21(30-22)18-6-4-3-5-7-18;/h3-4,6,16-17,19H,5,7-15H2,1-2H3;1H. The molecule has 1 amide bonds. The summed E-state index contributed by atoms with van der Waals surface area (Å²) < 4.78 is 11.1. The fourth-order valence-electron chi connectivity index (χ4n) is 4.48. The van der Waals surface area contributed by atoms with Crippen LogP contribution in [0.25, 0.3) is 0 Å². The predicted molar refractivity (Wildman–Crippen MR) is 121 cm³/mol. The van der Waals surface area contributed by atoms with Gasteiger partial charge >= 0.3 is 0 Å². The number of ketones is 1. The summed E-state index contributed by atoms with van der Waals surface area (Å²) in [6.45, 7) is 7.93. The molecule has 0 bridgehead atoms. The van der Waals surface area contributed by atoms with Crippen molar-refractivity contribution in [1.29, 1.82) is 0 Å². The Morgan fingerprint density at radius 3 is 2.48 bits per heavy atom. The van der Waals surface area contributed by atoms with Gasteiger partial charge in [0.1, 0.15) is 12.5 Å². The molecule has 0 aromatic heterocycles. The van der Waals surface area contributed by atoms with Crippen molar-refractivity contribution in [3.05, 3.63) is 47.8 Å². The van der Waals surface area contributed by atoms with Gasteiger partial charge < -0.3 is 14.4 Å². The second-order valence-electron chi connectivity index (χ2n) is 9.08. The SMILES string of the molecule is CC(C)(C1CC1)N1CCN(C(=O)CCC(=O)C2=COC=C(C3=CC=CCC3)O2)CC1.Cl. The molecule has 4 rings (SSSR count). The zero-order chi connectivity index (χ0) is 21.1. The average molecular weight is 449 g/mol. The first-order chi connectivity index (χ1) is 14.4. The van der Waals surface area contributed by atoms with Gasteiger partial charge in [0.2, 0.25) is 17.4 Å². The third-order valence-electron chi connectivity index (χ3n) is 6.76. The summed E-state index contributed by atoms with van der Waals surface area (Å²) in [4.78, 5) is 29.6. The third-order valence-corrected chi connectivity index (χ3v) is 6.76. The number of carbonyl (C=O) groups excluding carboxylic acids is 2. The summed E-state index contributed by atoms with van der Waals surface area (Å²) in [5.41, 5.74) is 1.24. The van der Waals surface area contributed by atoms with E-state index in [1.54, 1.807) is 0 Å². The minimum atomic E-state index is -0.200. The minimum Gasteiger partial charge on any atom is -0.465 e. The highest BCUT2D eigenvalue weighted by atomic mass is 35.5. The summed E-state index contributed by atoms with van der Waals surface area (Å²) in [5.74, 6) is 1.38. The molecule has 0 radical (unpaired) electrons. The lowest BCUT2D eigenvalue weighted by atomic mass is 9.95. The molecule has 0 aromatic rings. The van der Waals surface area contributed by atoms with E-state index in [0.717, 1.165) is 50.5 Å². The van der Waals surface area contributed by atoms with Crippen molar-refractivity contribution in [2.45, 2.75) is 57.9 Å². The number of ether oxygens (including phenoxy) is 2. The van der Waals surface area contributed by atoms with Crippen molar-refractivity contribution in [3.63, 3.8) is 0 Å². The lowest BCUT2D eigenvalue weighted by molar-refractivity contribution is -0.135. The second-order valence-corrected chi connectivity index (χ2v) is 9.08. The van der Waals surface area contributed by atoms with Crippen LogP contribution in [0.1, 0.15) is 52.4 Å². The fraction of sp³-hybridized carbons (Fsp3) is 0.583. The van der Waals surface area contributed by atoms with Crippen molar-refractivity contribution in [3.8, 4) is 0 Å². The first-order valence-corrected chi connectivity index (χ1v) is 11.1. The van der Waals surface area contributed by atoms with Crippen LogP contribution in [0.15, 0.2) is 47.8 Å². The van der Waals surface area contributed by atoms with E-state index in [-0.39, 0.29) is 48.2 Å². The van der Waals surface area contributed by atoms with Gasteiger partial charge in [-0.05, 0) is 51.0 Å². The molecule has 1 saturated heterocycles. The Morgan fingerprint density at radius 2 is 1.84 bits per heavy atom. The summed E-state index contributed by atoms with van der Waals surface area (Å²) in [5, 5.41) is 0. The third kappa shape index (κ3) is 5.60. The quantitative estimate of drug-likeness (QED) is 0.587. The van der Waals surface area contributed by atoms with Gasteiger partial charge in [-0.25, -0.2) is 0 Å². The van der Waals surface area contributed by atoms with Gasteiger partial charge in [-0.2, -0.15) is 0 Å². The maximum atomic E-state index is 12.6. The van der Waals surface area contributed by atoms with Gasteiger partial charge in [-0.3, -0.25) is 14.5 Å². The Balaban J connectivity index is 0.00000272. The molecule has 31 heavy (non-hydrogen) atoms. The Hall–Kier alpha value is -2.05. The molecular weight excluding hydrogens is 416 g/mol. The summed E-state index contributed by atoms with van der Waals surface area (Å²) in [6, 6.07) is 0. The number of allylic oxidation sites excluding steroid dienone is 5. The summed E-state index contributed by atoms with van der Waals surface area (Å²) in [6.07, 6.45) is 13.7. The van der Waals surface area contributed by atoms with Crippen molar-refractivity contribution in [2.75, 3.05) is 26.2 Å². The maximum absolute atomic E-state index is 12.6. The molecule has 2 aliphatic carbocycles. The Labute approximate surface area is 191 Å². The van der Waals surface area contributed by atoms with Crippen LogP contribution in [0, 0.1) is 5.92 Å². The molecule has 0 aromatic carbocycles. The van der Waals surface area contributed by atoms with Crippen LogP contribution < -0.4 is 0 Å². The Morgan fingerprint density at radius 1 is 1.10 bits per heavy atom. The van der Waals surface area contributed by atoms with Crippen LogP contribution in [-0.2, 0) is 19.1 Å². The number of hydrogen-bond donors (Lipinski definition) is 0. The molecule has 170 valence electrons. The number of carbonyl (C=O) groups is 2. The molecule has 6 nitrogen and oxygen atoms in total. The molecule has 0 atom stereocenters. The van der Waals surface area contributed by atoms with E-state index < -0.39 is 0 Å². The number of rotatable bonds is 7. The van der Waals surface area contributed by atoms with Crippen LogP contribution in [0.2, 0.25) is 0 Å². The van der Waals surface area contributed by atoms with E-state index in [0.29, 0.717) is 5.76 Å². The van der Waals surface area contributed by atoms with Crippen molar-refractivity contribution < 1.29 is 19.1 Å². The van der Waals surface area contributed by atoms with E-state index in [4.69, 9.17) is 9.47 Å². The van der Waals surface area contributed by atoms with E-state index >= 15 is 0 Å². The predicted octanol–water partition coefficient (Wildman–Crippen LogP) is 4.10. The zero-order valence-electron chi connectivity index (χ0n) is 18.5. The topological polar surface area (TPSA) is 59.1 Å². The molecule has 0 spiro atoms. The van der Waals surface area contributed by atoms with Gasteiger partial charge in [-0.1, -0.05) is 18.2 Å². The van der Waals surface area contributed by atoms with Gasteiger partial charge in [-0.15, -0.1) is 12.4 Å². The van der Waals surface area contributed by atoms with Crippen LogP contribution in [-0.4, -0.2) is 53.2 Å². The van der Waals surface area contributed by atoms with E-state index in [1.165, 1.54) is 25.4 Å². The van der Waals surface area contributed by atoms with Crippen LogP contribution in [0.4, 0.5) is 0 Å². The number of Topliss-reactive ketones (excluding diaryl/α,β-unsaturated/α-hetero) is 1. The van der Waals surface area contributed by atoms with Crippen molar-refractivity contribution >= 4 is 24.1 Å². The highest BCUT2D eigenvalue weighted by molar-refractivity contribution is 5.95. The average Bonchev–Trinajstić information content (AvgIpc) is 3.64. The zero-order valence-corrected chi connectivity index (χ0v) is 19.3. The number of halogens is 1.